The maximum atomic E-state index is 13.6. The molecular formula is C23H24FN5OS. The van der Waals surface area contributed by atoms with E-state index in [1.807, 2.05) is 13.0 Å². The van der Waals surface area contributed by atoms with Crippen LogP contribution in [0.1, 0.15) is 29.2 Å². The Bertz CT molecular complexity index is 1170. The van der Waals surface area contributed by atoms with Crippen molar-refractivity contribution in [1.82, 2.24) is 19.5 Å². The van der Waals surface area contributed by atoms with Gasteiger partial charge in [-0.05, 0) is 29.8 Å². The van der Waals surface area contributed by atoms with E-state index in [0.717, 1.165) is 36.6 Å². The Morgan fingerprint density at radius 3 is 2.39 bits per heavy atom. The standard InChI is InChI=1S/C23H24FN5OS/c1-2-19-25-23-29(26-19)22(30)21(31-23)20(16-8-10-17(24)11-9-16)28-14-12-27(13-15-28)18-6-4-3-5-7-18/h3-11,20,30H,2,12-15H2,1H3. The highest BCUT2D eigenvalue weighted by molar-refractivity contribution is 7.17. The number of rotatable bonds is 5. The highest BCUT2D eigenvalue weighted by atomic mass is 32.1. The summed E-state index contributed by atoms with van der Waals surface area (Å²) in [6.07, 6.45) is 0.714. The third-order valence-electron chi connectivity index (χ3n) is 5.79. The second-order valence-corrected chi connectivity index (χ2v) is 8.69. The minimum Gasteiger partial charge on any atom is -0.492 e. The van der Waals surface area contributed by atoms with E-state index in [0.29, 0.717) is 17.2 Å². The van der Waals surface area contributed by atoms with Crippen LogP contribution in [0.4, 0.5) is 10.1 Å². The van der Waals surface area contributed by atoms with Gasteiger partial charge in [-0.3, -0.25) is 4.90 Å². The molecule has 1 N–H and O–H groups in total. The molecule has 8 heteroatoms. The first kappa shape index (κ1) is 20.0. The molecular weight excluding hydrogens is 413 g/mol. The Balaban J connectivity index is 1.48. The van der Waals surface area contributed by atoms with Gasteiger partial charge in [0.15, 0.2) is 5.82 Å². The van der Waals surface area contributed by atoms with E-state index in [1.54, 1.807) is 12.1 Å². The first-order valence-corrected chi connectivity index (χ1v) is 11.3. The smallest absolute Gasteiger partial charge is 0.230 e. The third-order valence-corrected chi connectivity index (χ3v) is 6.87. The number of piperazine rings is 1. The number of aromatic nitrogens is 3. The van der Waals surface area contributed by atoms with E-state index < -0.39 is 0 Å². The van der Waals surface area contributed by atoms with Crippen molar-refractivity contribution in [3.05, 3.63) is 76.7 Å². The molecule has 31 heavy (non-hydrogen) atoms. The van der Waals surface area contributed by atoms with Crippen LogP contribution in [0.3, 0.4) is 0 Å². The zero-order valence-electron chi connectivity index (χ0n) is 17.3. The van der Waals surface area contributed by atoms with Crippen molar-refractivity contribution in [2.24, 2.45) is 0 Å². The van der Waals surface area contributed by atoms with Crippen LogP contribution < -0.4 is 4.90 Å². The molecule has 0 aliphatic carbocycles. The minimum absolute atomic E-state index is 0.118. The molecule has 1 aliphatic rings. The summed E-state index contributed by atoms with van der Waals surface area (Å²) in [5.41, 5.74) is 2.17. The van der Waals surface area contributed by atoms with Crippen molar-refractivity contribution < 1.29 is 9.50 Å². The Morgan fingerprint density at radius 2 is 1.74 bits per heavy atom. The maximum Gasteiger partial charge on any atom is 0.230 e. The number of aryl methyl sites for hydroxylation is 1. The number of hydrogen-bond donors (Lipinski definition) is 1. The Labute approximate surface area is 184 Å². The van der Waals surface area contributed by atoms with Gasteiger partial charge >= 0.3 is 0 Å². The van der Waals surface area contributed by atoms with Gasteiger partial charge < -0.3 is 10.0 Å². The molecule has 4 aromatic rings. The van der Waals surface area contributed by atoms with E-state index in [4.69, 9.17) is 0 Å². The van der Waals surface area contributed by atoms with Crippen molar-refractivity contribution in [3.8, 4) is 5.88 Å². The third kappa shape index (κ3) is 3.77. The zero-order valence-corrected chi connectivity index (χ0v) is 18.1. The van der Waals surface area contributed by atoms with Crippen LogP contribution in [-0.2, 0) is 6.42 Å². The average Bonchev–Trinajstić information content (AvgIpc) is 3.35. The molecule has 0 spiro atoms. The summed E-state index contributed by atoms with van der Waals surface area (Å²) < 4.78 is 15.1. The fraction of sp³-hybridized carbons (Fsp3) is 0.304. The van der Waals surface area contributed by atoms with Crippen molar-refractivity contribution in [3.63, 3.8) is 0 Å². The van der Waals surface area contributed by atoms with Crippen molar-refractivity contribution in [1.29, 1.82) is 0 Å². The van der Waals surface area contributed by atoms with Crippen LogP contribution in [0.5, 0.6) is 5.88 Å². The Morgan fingerprint density at radius 1 is 1.03 bits per heavy atom. The minimum atomic E-state index is -0.268. The first-order valence-electron chi connectivity index (χ1n) is 10.5. The molecule has 0 radical (unpaired) electrons. The van der Waals surface area contributed by atoms with E-state index in [1.165, 1.54) is 33.7 Å². The molecule has 5 rings (SSSR count). The molecule has 0 amide bonds. The number of benzene rings is 2. The number of aromatic hydroxyl groups is 1. The second kappa shape index (κ2) is 8.28. The number of anilines is 1. The first-order chi connectivity index (χ1) is 15.1. The summed E-state index contributed by atoms with van der Waals surface area (Å²) in [4.78, 5) is 10.7. The van der Waals surface area contributed by atoms with E-state index in [-0.39, 0.29) is 17.7 Å². The Kier molecular flexibility index (Phi) is 5.33. The van der Waals surface area contributed by atoms with Crippen LogP contribution in [0, 0.1) is 5.82 Å². The summed E-state index contributed by atoms with van der Waals surface area (Å²) in [5.74, 6) is 0.561. The van der Waals surface area contributed by atoms with Gasteiger partial charge in [0.25, 0.3) is 0 Å². The molecule has 1 unspecified atom stereocenters. The van der Waals surface area contributed by atoms with Gasteiger partial charge in [-0.1, -0.05) is 48.6 Å². The van der Waals surface area contributed by atoms with Gasteiger partial charge in [-0.15, -0.1) is 5.10 Å². The van der Waals surface area contributed by atoms with Crippen molar-refractivity contribution >= 4 is 22.0 Å². The molecule has 2 aromatic heterocycles. The van der Waals surface area contributed by atoms with E-state index in [9.17, 15) is 9.50 Å². The van der Waals surface area contributed by atoms with Crippen molar-refractivity contribution in [2.45, 2.75) is 19.4 Å². The topological polar surface area (TPSA) is 56.9 Å². The zero-order chi connectivity index (χ0) is 21.4. The SMILES string of the molecule is CCc1nc2sc(C(c3ccc(F)cc3)N3CCN(c4ccccc4)CC3)c(O)n2n1. The fourth-order valence-corrected chi connectivity index (χ4v) is 5.30. The largest absolute Gasteiger partial charge is 0.492 e. The lowest BCUT2D eigenvalue weighted by molar-refractivity contribution is 0.211. The highest BCUT2D eigenvalue weighted by Gasteiger charge is 2.31. The second-order valence-electron chi connectivity index (χ2n) is 7.68. The molecule has 1 fully saturated rings. The maximum absolute atomic E-state index is 13.6. The summed E-state index contributed by atoms with van der Waals surface area (Å²) in [7, 11) is 0. The predicted octanol–water partition coefficient (Wildman–Crippen LogP) is 4.11. The van der Waals surface area contributed by atoms with Gasteiger partial charge in [0, 0.05) is 38.3 Å². The van der Waals surface area contributed by atoms with Crippen LogP contribution >= 0.6 is 11.3 Å². The number of para-hydroxylation sites is 1. The normalized spacial score (nSPS) is 16.1. The highest BCUT2D eigenvalue weighted by Crippen LogP contribution is 2.40. The van der Waals surface area contributed by atoms with E-state index >= 15 is 0 Å². The molecule has 6 nitrogen and oxygen atoms in total. The van der Waals surface area contributed by atoms with E-state index in [2.05, 4.69) is 44.1 Å². The van der Waals surface area contributed by atoms with Gasteiger partial charge in [-0.25, -0.2) is 9.37 Å². The van der Waals surface area contributed by atoms with Gasteiger partial charge in [-0.2, -0.15) is 4.52 Å². The quantitative estimate of drug-likeness (QED) is 0.509. The molecule has 1 saturated heterocycles. The molecule has 1 atom stereocenters. The molecule has 3 heterocycles. The lowest BCUT2D eigenvalue weighted by Gasteiger charge is -2.40. The Hall–Kier alpha value is -2.97. The molecule has 160 valence electrons. The van der Waals surface area contributed by atoms with Crippen LogP contribution in [0.25, 0.3) is 4.96 Å². The summed E-state index contributed by atoms with van der Waals surface area (Å²) in [6.45, 7) is 5.39. The van der Waals surface area contributed by atoms with Crippen LogP contribution in [0.15, 0.2) is 54.6 Å². The average molecular weight is 438 g/mol. The van der Waals surface area contributed by atoms with Crippen molar-refractivity contribution in [2.75, 3.05) is 31.1 Å². The monoisotopic (exact) mass is 437 g/mol. The fourth-order valence-electron chi connectivity index (χ4n) is 4.17. The number of thiazole rings is 1. The summed E-state index contributed by atoms with van der Waals surface area (Å²) >= 11 is 1.45. The van der Waals surface area contributed by atoms with Crippen LogP contribution in [-0.4, -0.2) is 50.8 Å². The summed E-state index contributed by atoms with van der Waals surface area (Å²) in [5, 5.41) is 15.4. The number of fused-ring (bicyclic) bond motifs is 1. The lowest BCUT2D eigenvalue weighted by atomic mass is 10.0. The molecule has 2 aromatic carbocycles. The van der Waals surface area contributed by atoms with Gasteiger partial charge in [0.2, 0.25) is 10.8 Å². The molecule has 0 saturated carbocycles. The van der Waals surface area contributed by atoms with Crippen LogP contribution in [0.2, 0.25) is 0 Å². The van der Waals surface area contributed by atoms with Gasteiger partial charge in [0.1, 0.15) is 5.82 Å². The summed E-state index contributed by atoms with van der Waals surface area (Å²) in [6, 6.07) is 16.8. The molecule has 0 bridgehead atoms. The van der Waals surface area contributed by atoms with Gasteiger partial charge in [0.05, 0.1) is 10.9 Å². The number of nitrogens with zero attached hydrogens (tertiary/aromatic N) is 5. The lowest BCUT2D eigenvalue weighted by Crippen LogP contribution is -2.47. The number of halogens is 1. The number of hydrogen-bond acceptors (Lipinski definition) is 6. The molecule has 1 aliphatic heterocycles. The predicted molar refractivity (Wildman–Crippen MR) is 120 cm³/mol.